The van der Waals surface area contributed by atoms with Crippen molar-refractivity contribution in [2.24, 2.45) is 0 Å². The Morgan fingerprint density at radius 3 is 2.78 bits per heavy atom. The molecule has 0 aromatic carbocycles. The highest BCUT2D eigenvalue weighted by Crippen LogP contribution is 2.32. The largest absolute Gasteiger partial charge is 0.433 e. The Labute approximate surface area is 161 Å². The van der Waals surface area contributed by atoms with E-state index in [2.05, 4.69) is 20.6 Å². The van der Waals surface area contributed by atoms with Gasteiger partial charge in [0.2, 0.25) is 5.95 Å². The van der Waals surface area contributed by atoms with Crippen LogP contribution in [0.3, 0.4) is 0 Å². The zero-order valence-electron chi connectivity index (χ0n) is 15.2. The highest BCUT2D eigenvalue weighted by Gasteiger charge is 2.35. The predicted octanol–water partition coefficient (Wildman–Crippen LogP) is 3.34. The van der Waals surface area contributed by atoms with Gasteiger partial charge < -0.3 is 20.3 Å². The van der Waals surface area contributed by atoms with E-state index in [1.54, 1.807) is 0 Å². The summed E-state index contributed by atoms with van der Waals surface area (Å²) in [6, 6.07) is 1.14. The Kier molecular flexibility index (Phi) is 6.36. The van der Waals surface area contributed by atoms with E-state index >= 15 is 0 Å². The van der Waals surface area contributed by atoms with Gasteiger partial charge in [0.05, 0.1) is 6.10 Å². The average molecular weight is 403 g/mol. The third kappa shape index (κ3) is 5.41. The number of halogens is 3. The molecule has 1 aromatic heterocycles. The van der Waals surface area contributed by atoms with Crippen LogP contribution in [0.15, 0.2) is 6.07 Å². The van der Waals surface area contributed by atoms with Crippen LogP contribution in [0.5, 0.6) is 0 Å². The van der Waals surface area contributed by atoms with E-state index in [0.29, 0.717) is 13.1 Å². The summed E-state index contributed by atoms with van der Waals surface area (Å²) in [6.07, 6.45) is 0.372. The molecule has 0 radical (unpaired) electrons. The lowest BCUT2D eigenvalue weighted by atomic mass is 10.0. The summed E-state index contributed by atoms with van der Waals surface area (Å²) in [7, 11) is 0. The van der Waals surface area contributed by atoms with Crippen molar-refractivity contribution >= 4 is 29.1 Å². The number of alkyl halides is 3. The van der Waals surface area contributed by atoms with Crippen LogP contribution >= 0.6 is 12.2 Å². The number of rotatable bonds is 4. The molecule has 2 aliphatic rings. The molecule has 0 bridgehead atoms. The Hall–Kier alpha value is -1.68. The lowest BCUT2D eigenvalue weighted by molar-refractivity contribution is -0.141. The average Bonchev–Trinajstić information content (AvgIpc) is 3.13. The van der Waals surface area contributed by atoms with Gasteiger partial charge in [-0.25, -0.2) is 4.98 Å². The summed E-state index contributed by atoms with van der Waals surface area (Å²) in [5, 5.41) is 5.83. The highest BCUT2D eigenvalue weighted by atomic mass is 32.1. The molecule has 6 nitrogen and oxygen atoms in total. The lowest BCUT2D eigenvalue weighted by Gasteiger charge is -2.34. The van der Waals surface area contributed by atoms with Crippen molar-refractivity contribution in [3.05, 3.63) is 11.8 Å². The molecule has 3 heterocycles. The monoisotopic (exact) mass is 403 g/mol. The highest BCUT2D eigenvalue weighted by molar-refractivity contribution is 7.80. The van der Waals surface area contributed by atoms with Gasteiger partial charge in [-0.2, -0.15) is 18.2 Å². The second-order valence-electron chi connectivity index (χ2n) is 6.94. The Morgan fingerprint density at radius 1 is 1.30 bits per heavy atom. The van der Waals surface area contributed by atoms with Crippen LogP contribution in [0.4, 0.5) is 24.9 Å². The van der Waals surface area contributed by atoms with Crippen molar-refractivity contribution in [1.29, 1.82) is 0 Å². The second-order valence-corrected chi connectivity index (χ2v) is 7.35. The van der Waals surface area contributed by atoms with Crippen molar-refractivity contribution in [3.63, 3.8) is 0 Å². The zero-order valence-corrected chi connectivity index (χ0v) is 16.0. The standard InChI is InChI=1S/C17H24F3N5OS/c1-11-5-2-3-7-25(11)14-9-13(17(18,19)20)22-15(23-14)24-16(27)21-10-12-6-4-8-26-12/h9,11-12H,2-8,10H2,1H3,(H2,21,22,23,24,27)/t11-,12+/m0/s1. The van der Waals surface area contributed by atoms with Crippen LogP contribution in [0.25, 0.3) is 0 Å². The Morgan fingerprint density at radius 2 is 2.11 bits per heavy atom. The number of ether oxygens (including phenoxy) is 1. The first kappa shape index (κ1) is 20.1. The molecule has 10 heteroatoms. The maximum atomic E-state index is 13.3. The number of nitrogens with one attached hydrogen (secondary N) is 2. The molecule has 2 saturated heterocycles. The third-order valence-corrected chi connectivity index (χ3v) is 5.09. The number of piperidine rings is 1. The number of nitrogens with zero attached hydrogens (tertiary/aromatic N) is 3. The molecule has 0 amide bonds. The van der Waals surface area contributed by atoms with Crippen LogP contribution in [0.1, 0.15) is 44.7 Å². The molecule has 0 unspecified atom stereocenters. The van der Waals surface area contributed by atoms with Crippen LogP contribution in [-0.2, 0) is 10.9 Å². The van der Waals surface area contributed by atoms with Gasteiger partial charge in [0.15, 0.2) is 10.8 Å². The minimum atomic E-state index is -4.56. The summed E-state index contributed by atoms with van der Waals surface area (Å²) < 4.78 is 45.4. The topological polar surface area (TPSA) is 62.3 Å². The van der Waals surface area contributed by atoms with Crippen LogP contribution < -0.4 is 15.5 Å². The molecule has 0 saturated carbocycles. The molecule has 0 spiro atoms. The first-order chi connectivity index (χ1) is 12.8. The number of hydrogen-bond acceptors (Lipinski definition) is 5. The van der Waals surface area contributed by atoms with Gasteiger partial charge in [-0.15, -0.1) is 0 Å². The third-order valence-electron chi connectivity index (χ3n) is 4.84. The van der Waals surface area contributed by atoms with E-state index in [1.165, 1.54) is 0 Å². The Balaban J connectivity index is 1.74. The van der Waals surface area contributed by atoms with E-state index in [0.717, 1.165) is 44.8 Å². The number of thiocarbonyl (C=S) groups is 1. The molecule has 1 aromatic rings. The van der Waals surface area contributed by atoms with E-state index in [9.17, 15) is 13.2 Å². The molecule has 2 atom stereocenters. The summed E-state index contributed by atoms with van der Waals surface area (Å²) in [5.74, 6) is 0.122. The smallest absolute Gasteiger partial charge is 0.376 e. The fraction of sp³-hybridized carbons (Fsp3) is 0.706. The van der Waals surface area contributed by atoms with Crippen LogP contribution in [0.2, 0.25) is 0 Å². The SMILES string of the molecule is C[C@H]1CCCCN1c1cc(C(F)(F)F)nc(NC(=S)NC[C@H]2CCCO2)n1. The minimum absolute atomic E-state index is 0.0666. The molecular weight excluding hydrogens is 379 g/mol. The van der Waals surface area contributed by atoms with E-state index in [4.69, 9.17) is 17.0 Å². The van der Waals surface area contributed by atoms with Gasteiger partial charge in [-0.05, 0) is 51.2 Å². The van der Waals surface area contributed by atoms with E-state index in [1.807, 2.05) is 11.8 Å². The second kappa shape index (κ2) is 8.55. The van der Waals surface area contributed by atoms with E-state index in [-0.39, 0.29) is 29.0 Å². The quantitative estimate of drug-likeness (QED) is 0.748. The fourth-order valence-corrected chi connectivity index (χ4v) is 3.55. The van der Waals surface area contributed by atoms with Crippen molar-refractivity contribution in [1.82, 2.24) is 15.3 Å². The van der Waals surface area contributed by atoms with Crippen LogP contribution in [0, 0.1) is 0 Å². The molecule has 2 fully saturated rings. The molecule has 150 valence electrons. The van der Waals surface area contributed by atoms with Crippen molar-refractivity contribution in [2.75, 3.05) is 29.9 Å². The maximum Gasteiger partial charge on any atom is 0.433 e. The summed E-state index contributed by atoms with van der Waals surface area (Å²) >= 11 is 5.18. The zero-order chi connectivity index (χ0) is 19.4. The molecule has 3 rings (SSSR count). The summed E-state index contributed by atoms with van der Waals surface area (Å²) in [5.41, 5.74) is -0.977. The number of aromatic nitrogens is 2. The fourth-order valence-electron chi connectivity index (χ4n) is 3.38. The van der Waals surface area contributed by atoms with Crippen LogP contribution in [-0.4, -0.2) is 46.9 Å². The lowest BCUT2D eigenvalue weighted by Crippen LogP contribution is -2.39. The Bertz CT molecular complexity index is 666. The van der Waals surface area contributed by atoms with E-state index < -0.39 is 11.9 Å². The van der Waals surface area contributed by atoms with Gasteiger partial charge in [0.25, 0.3) is 0 Å². The molecule has 0 aliphatic carbocycles. The summed E-state index contributed by atoms with van der Waals surface area (Å²) in [4.78, 5) is 9.79. The maximum absolute atomic E-state index is 13.3. The summed E-state index contributed by atoms with van der Waals surface area (Å²) in [6.45, 7) is 3.90. The van der Waals surface area contributed by atoms with Gasteiger partial charge >= 0.3 is 6.18 Å². The molecule has 2 N–H and O–H groups in total. The number of anilines is 2. The first-order valence-corrected chi connectivity index (χ1v) is 9.63. The molecular formula is C17H24F3N5OS. The molecule has 27 heavy (non-hydrogen) atoms. The minimum Gasteiger partial charge on any atom is -0.376 e. The normalized spacial score (nSPS) is 23.3. The van der Waals surface area contributed by atoms with Gasteiger partial charge in [-0.3, -0.25) is 0 Å². The van der Waals surface area contributed by atoms with Crippen molar-refractivity contribution in [3.8, 4) is 0 Å². The predicted molar refractivity (Wildman–Crippen MR) is 101 cm³/mol. The first-order valence-electron chi connectivity index (χ1n) is 9.22. The van der Waals surface area contributed by atoms with Crippen molar-refractivity contribution in [2.45, 2.75) is 57.3 Å². The van der Waals surface area contributed by atoms with Gasteiger partial charge in [0.1, 0.15) is 5.82 Å². The van der Waals surface area contributed by atoms with Gasteiger partial charge in [-0.1, -0.05) is 0 Å². The van der Waals surface area contributed by atoms with Crippen molar-refractivity contribution < 1.29 is 17.9 Å². The number of hydrogen-bond donors (Lipinski definition) is 2. The van der Waals surface area contributed by atoms with Gasteiger partial charge in [0, 0.05) is 31.8 Å². The molecule has 2 aliphatic heterocycles.